The number of aromatic nitrogens is 2. The molecule has 0 amide bonds. The Bertz CT molecular complexity index is 752. The first-order valence-electron chi connectivity index (χ1n) is 8.19. The van der Waals surface area contributed by atoms with Crippen molar-refractivity contribution < 1.29 is 8.78 Å². The number of aliphatic imine (C=N–C) groups is 1. The van der Waals surface area contributed by atoms with E-state index in [0.29, 0.717) is 5.96 Å². The molecule has 25 heavy (non-hydrogen) atoms. The Labute approximate surface area is 145 Å². The molecule has 0 saturated carbocycles. The number of guanidine groups is 1. The van der Waals surface area contributed by atoms with Crippen molar-refractivity contribution in [3.05, 3.63) is 60.2 Å². The standard InChI is InChI=1S/C18H21F2N5/c1-21-18(23-13-16-22-9-12-25(16)17(19)20)24-10-7-15(8-11-24)14-5-3-2-4-6-14/h2-7,9,12,17H,8,10-11,13H2,1H3,(H,21,23). The molecule has 132 valence electrons. The molecule has 0 atom stereocenters. The van der Waals surface area contributed by atoms with Crippen LogP contribution in [0, 0.1) is 0 Å². The van der Waals surface area contributed by atoms with Crippen molar-refractivity contribution >= 4 is 11.5 Å². The monoisotopic (exact) mass is 345 g/mol. The summed E-state index contributed by atoms with van der Waals surface area (Å²) in [5.41, 5.74) is 2.56. The van der Waals surface area contributed by atoms with Gasteiger partial charge < -0.3 is 10.2 Å². The van der Waals surface area contributed by atoms with E-state index in [1.165, 1.54) is 23.5 Å². The summed E-state index contributed by atoms with van der Waals surface area (Å²) in [4.78, 5) is 10.3. The van der Waals surface area contributed by atoms with Crippen LogP contribution in [0.4, 0.5) is 8.78 Å². The van der Waals surface area contributed by atoms with Crippen molar-refractivity contribution in [2.45, 2.75) is 19.5 Å². The third kappa shape index (κ3) is 4.04. The van der Waals surface area contributed by atoms with Gasteiger partial charge >= 0.3 is 6.55 Å². The van der Waals surface area contributed by atoms with Crippen LogP contribution < -0.4 is 5.32 Å². The highest BCUT2D eigenvalue weighted by atomic mass is 19.3. The van der Waals surface area contributed by atoms with E-state index in [2.05, 4.69) is 38.4 Å². The van der Waals surface area contributed by atoms with Crippen LogP contribution in [0.2, 0.25) is 0 Å². The largest absolute Gasteiger partial charge is 0.349 e. The fourth-order valence-electron chi connectivity index (χ4n) is 2.92. The fraction of sp³-hybridized carbons (Fsp3) is 0.333. The molecule has 0 spiro atoms. The van der Waals surface area contributed by atoms with Gasteiger partial charge in [0.2, 0.25) is 0 Å². The van der Waals surface area contributed by atoms with Gasteiger partial charge in [0.15, 0.2) is 5.96 Å². The fourth-order valence-corrected chi connectivity index (χ4v) is 2.92. The van der Waals surface area contributed by atoms with Crippen molar-refractivity contribution in [2.24, 2.45) is 4.99 Å². The van der Waals surface area contributed by atoms with Crippen LogP contribution in [0.15, 0.2) is 53.8 Å². The molecule has 2 heterocycles. The van der Waals surface area contributed by atoms with Crippen LogP contribution in [0.3, 0.4) is 0 Å². The number of hydrogen-bond donors (Lipinski definition) is 1. The van der Waals surface area contributed by atoms with E-state index in [4.69, 9.17) is 0 Å². The van der Waals surface area contributed by atoms with Gasteiger partial charge in [-0.1, -0.05) is 36.4 Å². The Balaban J connectivity index is 1.61. The van der Waals surface area contributed by atoms with E-state index >= 15 is 0 Å². The summed E-state index contributed by atoms with van der Waals surface area (Å²) in [6.45, 7) is -0.834. The van der Waals surface area contributed by atoms with Crippen LogP contribution >= 0.6 is 0 Å². The molecule has 0 radical (unpaired) electrons. The summed E-state index contributed by atoms with van der Waals surface area (Å²) in [5.74, 6) is 0.973. The normalized spacial score (nSPS) is 15.4. The predicted octanol–water partition coefficient (Wildman–Crippen LogP) is 3.14. The molecule has 7 heteroatoms. The number of nitrogens with zero attached hydrogens (tertiary/aromatic N) is 4. The maximum atomic E-state index is 12.9. The van der Waals surface area contributed by atoms with Crippen molar-refractivity contribution in [3.63, 3.8) is 0 Å². The molecule has 5 nitrogen and oxygen atoms in total. The lowest BCUT2D eigenvalue weighted by atomic mass is 10.00. The summed E-state index contributed by atoms with van der Waals surface area (Å²) in [6, 6.07) is 10.3. The van der Waals surface area contributed by atoms with E-state index in [1.54, 1.807) is 7.05 Å². The number of imidazole rings is 1. The average Bonchev–Trinajstić information content (AvgIpc) is 3.12. The minimum atomic E-state index is -2.59. The zero-order valence-corrected chi connectivity index (χ0v) is 14.1. The summed E-state index contributed by atoms with van der Waals surface area (Å²) in [6.07, 6.45) is 5.75. The summed E-state index contributed by atoms with van der Waals surface area (Å²) in [7, 11) is 1.69. The van der Waals surface area contributed by atoms with Crippen LogP contribution in [0.1, 0.15) is 24.4 Å². The average molecular weight is 345 g/mol. The minimum Gasteiger partial charge on any atom is -0.349 e. The molecule has 1 aliphatic rings. The number of alkyl halides is 2. The molecule has 0 fully saturated rings. The Kier molecular flexibility index (Phi) is 5.42. The van der Waals surface area contributed by atoms with E-state index in [1.807, 2.05) is 18.2 Å². The van der Waals surface area contributed by atoms with Crippen LogP contribution in [0.25, 0.3) is 5.57 Å². The van der Waals surface area contributed by atoms with E-state index in [0.717, 1.165) is 24.1 Å². The summed E-state index contributed by atoms with van der Waals surface area (Å²) < 4.78 is 26.6. The van der Waals surface area contributed by atoms with Crippen molar-refractivity contribution in [3.8, 4) is 0 Å². The molecule has 0 saturated heterocycles. The second kappa shape index (κ2) is 7.92. The maximum Gasteiger partial charge on any atom is 0.319 e. The molecule has 0 bridgehead atoms. The number of rotatable bonds is 4. The molecular weight excluding hydrogens is 324 g/mol. The predicted molar refractivity (Wildman–Crippen MR) is 94.3 cm³/mol. The van der Waals surface area contributed by atoms with E-state index in [9.17, 15) is 8.78 Å². The zero-order chi connectivity index (χ0) is 17.6. The van der Waals surface area contributed by atoms with Crippen molar-refractivity contribution in [2.75, 3.05) is 20.1 Å². The Morgan fingerprint density at radius 1 is 1.32 bits per heavy atom. The van der Waals surface area contributed by atoms with Gasteiger partial charge in [-0.05, 0) is 17.6 Å². The first kappa shape index (κ1) is 17.1. The first-order chi connectivity index (χ1) is 12.2. The lowest BCUT2D eigenvalue weighted by Crippen LogP contribution is -2.43. The SMILES string of the molecule is CN=C(NCc1nccn1C(F)F)N1CC=C(c2ccccc2)CC1. The molecule has 1 aliphatic heterocycles. The van der Waals surface area contributed by atoms with E-state index < -0.39 is 6.55 Å². The molecule has 0 aliphatic carbocycles. The first-order valence-corrected chi connectivity index (χ1v) is 8.19. The number of benzene rings is 1. The van der Waals surface area contributed by atoms with Gasteiger partial charge in [-0.3, -0.25) is 9.56 Å². The number of hydrogen-bond acceptors (Lipinski definition) is 2. The van der Waals surface area contributed by atoms with Crippen molar-refractivity contribution in [1.82, 2.24) is 19.8 Å². The minimum absolute atomic E-state index is 0.204. The Morgan fingerprint density at radius 3 is 2.76 bits per heavy atom. The zero-order valence-electron chi connectivity index (χ0n) is 14.1. The molecule has 1 aromatic carbocycles. The van der Waals surface area contributed by atoms with Gasteiger partial charge in [0.05, 0.1) is 6.54 Å². The van der Waals surface area contributed by atoms with Crippen LogP contribution in [-0.2, 0) is 6.54 Å². The Morgan fingerprint density at radius 2 is 2.12 bits per heavy atom. The highest BCUT2D eigenvalue weighted by Gasteiger charge is 2.17. The molecule has 2 aromatic rings. The van der Waals surface area contributed by atoms with Gasteiger partial charge in [0, 0.05) is 32.5 Å². The smallest absolute Gasteiger partial charge is 0.319 e. The van der Waals surface area contributed by atoms with Gasteiger partial charge in [-0.25, -0.2) is 4.98 Å². The van der Waals surface area contributed by atoms with Gasteiger partial charge in [0.25, 0.3) is 0 Å². The van der Waals surface area contributed by atoms with E-state index in [-0.39, 0.29) is 12.4 Å². The third-order valence-electron chi connectivity index (χ3n) is 4.23. The Hall–Kier alpha value is -2.70. The molecule has 1 N–H and O–H groups in total. The third-order valence-corrected chi connectivity index (χ3v) is 4.23. The lowest BCUT2D eigenvalue weighted by molar-refractivity contribution is 0.0668. The highest BCUT2D eigenvalue weighted by Crippen LogP contribution is 2.22. The highest BCUT2D eigenvalue weighted by molar-refractivity contribution is 5.81. The van der Waals surface area contributed by atoms with Crippen LogP contribution in [0.5, 0.6) is 0 Å². The van der Waals surface area contributed by atoms with Gasteiger partial charge in [-0.15, -0.1) is 0 Å². The number of halogens is 2. The quantitative estimate of drug-likeness (QED) is 0.684. The van der Waals surface area contributed by atoms with Gasteiger partial charge in [-0.2, -0.15) is 8.78 Å². The molecule has 1 aromatic heterocycles. The lowest BCUT2D eigenvalue weighted by Gasteiger charge is -2.29. The van der Waals surface area contributed by atoms with Gasteiger partial charge in [0.1, 0.15) is 5.82 Å². The number of nitrogens with one attached hydrogen (secondary N) is 1. The topological polar surface area (TPSA) is 45.5 Å². The summed E-state index contributed by atoms with van der Waals surface area (Å²) >= 11 is 0. The molecule has 0 unspecified atom stereocenters. The van der Waals surface area contributed by atoms with Crippen LogP contribution in [-0.4, -0.2) is 40.5 Å². The second-order valence-corrected chi connectivity index (χ2v) is 5.72. The summed E-state index contributed by atoms with van der Waals surface area (Å²) in [5, 5.41) is 3.12. The molecular formula is C18H21F2N5. The molecule has 3 rings (SSSR count). The van der Waals surface area contributed by atoms with Crippen molar-refractivity contribution in [1.29, 1.82) is 0 Å². The second-order valence-electron chi connectivity index (χ2n) is 5.72. The maximum absolute atomic E-state index is 12.9.